The molecule has 0 aromatic heterocycles. The second-order valence-corrected chi connectivity index (χ2v) is 8.73. The predicted octanol–water partition coefficient (Wildman–Crippen LogP) is -3.09. The number of rotatable bonds is 8. The summed E-state index contributed by atoms with van der Waals surface area (Å²) < 4.78 is 63.1. The molecule has 240 valence electrons. The van der Waals surface area contributed by atoms with E-state index >= 15 is 0 Å². The predicted molar refractivity (Wildman–Crippen MR) is 132 cm³/mol. The van der Waals surface area contributed by atoms with Crippen molar-refractivity contribution < 1.29 is 60.9 Å². The number of guanidine groups is 2. The van der Waals surface area contributed by atoms with Gasteiger partial charge >= 0.3 is 30.3 Å². The number of carboxylic acid groups (broad SMARTS) is 2. The molecule has 12 nitrogen and oxygen atoms in total. The van der Waals surface area contributed by atoms with E-state index in [1.165, 1.54) is 25.7 Å². The maximum atomic E-state index is 12.5. The summed E-state index contributed by atoms with van der Waals surface area (Å²) in [6.45, 7) is 6.11. The van der Waals surface area contributed by atoms with Crippen molar-refractivity contribution in [2.24, 2.45) is 11.5 Å². The lowest BCUT2D eigenvalue weighted by Gasteiger charge is -2.20. The van der Waals surface area contributed by atoms with E-state index in [0.29, 0.717) is 11.9 Å². The second-order valence-electron chi connectivity index (χ2n) is 8.73. The minimum absolute atomic E-state index is 0.0890. The normalized spacial score (nSPS) is 15.7. The molecule has 0 spiro atoms. The lowest BCUT2D eigenvalue weighted by Crippen LogP contribution is -2.79. The first-order chi connectivity index (χ1) is 19.0. The number of carbonyl (C=O) groups is 3. The molecule has 18 heteroatoms. The highest BCUT2D eigenvalue weighted by Gasteiger charge is 2.29. The van der Waals surface area contributed by atoms with Gasteiger partial charge in [-0.2, -0.15) is 31.7 Å². The van der Waals surface area contributed by atoms with E-state index in [-0.39, 0.29) is 6.03 Å². The first-order valence-corrected chi connectivity index (χ1v) is 13.1. The Hall–Kier alpha value is -3.47. The first-order valence-electron chi connectivity index (χ1n) is 13.1. The molecule has 1 aliphatic rings. The van der Waals surface area contributed by atoms with Crippen LogP contribution < -0.4 is 42.3 Å². The van der Waals surface area contributed by atoms with E-state index < -0.39 is 24.3 Å². The van der Waals surface area contributed by atoms with Crippen molar-refractivity contribution in [3.8, 4) is 0 Å². The van der Waals surface area contributed by atoms with Gasteiger partial charge in [0.2, 0.25) is 0 Å². The molecule has 1 aliphatic heterocycles. The number of carbonyl (C=O) groups excluding carboxylic acids is 3. The van der Waals surface area contributed by atoms with E-state index in [1.54, 1.807) is 0 Å². The summed E-state index contributed by atoms with van der Waals surface area (Å²) in [5, 5.41) is 23.4. The van der Waals surface area contributed by atoms with Crippen LogP contribution in [-0.4, -0.2) is 79.9 Å². The number of hydrogen-bond acceptors (Lipinski definition) is 6. The molecule has 0 saturated heterocycles. The zero-order chi connectivity index (χ0) is 31.9. The van der Waals surface area contributed by atoms with Gasteiger partial charge < -0.3 is 24.7 Å². The summed E-state index contributed by atoms with van der Waals surface area (Å²) >= 11 is 0. The quantitative estimate of drug-likeness (QED) is 0.0719. The van der Waals surface area contributed by atoms with Gasteiger partial charge in [0.25, 0.3) is 0 Å². The Labute approximate surface area is 234 Å². The lowest BCUT2D eigenvalue weighted by molar-refractivity contribution is -0.461. The third-order valence-corrected chi connectivity index (χ3v) is 5.20. The summed E-state index contributed by atoms with van der Waals surface area (Å²) in [6.07, 6.45) is 0.965. The van der Waals surface area contributed by atoms with Crippen molar-refractivity contribution in [3.05, 3.63) is 0 Å². The van der Waals surface area contributed by atoms with Crippen molar-refractivity contribution in [2.75, 3.05) is 32.7 Å². The number of alkyl halides is 6. The molecule has 2 amide bonds. The smallest absolute Gasteiger partial charge is 0.430 e. The average molecular weight is 610 g/mol. The number of nitrogens with zero attached hydrogens (tertiary/aromatic N) is 1. The fourth-order valence-corrected chi connectivity index (χ4v) is 3.17. The molecule has 0 unspecified atom stereocenters. The van der Waals surface area contributed by atoms with E-state index in [1.807, 2.05) is 11.8 Å². The Morgan fingerprint density at radius 3 is 1.95 bits per heavy atom. The molecule has 0 fully saturated rings. The number of halogens is 6. The Morgan fingerprint density at radius 2 is 1.44 bits per heavy atom. The van der Waals surface area contributed by atoms with Crippen LogP contribution >= 0.6 is 0 Å². The lowest BCUT2D eigenvalue weighted by atomic mass is 10.1. The summed E-state index contributed by atoms with van der Waals surface area (Å²) in [5.74, 6) is -5.00. The molecule has 0 bridgehead atoms. The number of unbranched alkanes of at least 4 members (excludes halogenated alkanes) is 3. The number of amides is 2. The number of aliphatic carboxylic acids is 2. The summed E-state index contributed by atoms with van der Waals surface area (Å²) in [4.78, 5) is 38.2. The van der Waals surface area contributed by atoms with Crippen LogP contribution in [0.5, 0.6) is 0 Å². The topological polar surface area (TPSA) is 205 Å². The molecule has 8 N–H and O–H groups in total. The van der Waals surface area contributed by atoms with E-state index in [2.05, 4.69) is 20.6 Å². The van der Waals surface area contributed by atoms with Crippen LogP contribution in [0.3, 0.4) is 0 Å². The van der Waals surface area contributed by atoms with Gasteiger partial charge in [0, 0.05) is 13.1 Å². The monoisotopic (exact) mass is 609 g/mol. The molecular formula is C23H41F6N7O5. The zero-order valence-corrected chi connectivity index (χ0v) is 23.0. The maximum absolute atomic E-state index is 12.5. The molecule has 0 aromatic carbocycles. The van der Waals surface area contributed by atoms with Gasteiger partial charge in [-0.3, -0.25) is 26.8 Å². The van der Waals surface area contributed by atoms with Crippen molar-refractivity contribution in [1.82, 2.24) is 15.5 Å². The third-order valence-electron chi connectivity index (χ3n) is 5.20. The third kappa shape index (κ3) is 25.3. The number of carboxylic acids is 2. The molecule has 0 saturated carbocycles. The summed E-state index contributed by atoms with van der Waals surface area (Å²) in [7, 11) is 0. The zero-order valence-electron chi connectivity index (χ0n) is 23.0. The Bertz CT molecular complexity index is 800. The number of urea groups is 1. The second kappa shape index (κ2) is 22.2. The van der Waals surface area contributed by atoms with Gasteiger partial charge in [-0.05, 0) is 32.6 Å². The van der Waals surface area contributed by atoms with Crippen molar-refractivity contribution in [2.45, 2.75) is 83.5 Å². The van der Waals surface area contributed by atoms with E-state index in [0.717, 1.165) is 71.2 Å². The van der Waals surface area contributed by atoms with Crippen LogP contribution in [0.4, 0.5) is 31.1 Å². The largest absolute Gasteiger partial charge is 0.542 e. The molecule has 1 heterocycles. The van der Waals surface area contributed by atoms with E-state index in [9.17, 15) is 31.1 Å². The average Bonchev–Trinajstić information content (AvgIpc) is 2.86. The van der Waals surface area contributed by atoms with Crippen molar-refractivity contribution in [3.63, 3.8) is 0 Å². The minimum Gasteiger partial charge on any atom is -0.542 e. The van der Waals surface area contributed by atoms with Gasteiger partial charge in [-0.15, -0.1) is 0 Å². The fraction of sp³-hybridized carbons (Fsp3) is 0.783. The standard InChI is InChI=1S/C19H39N7O.2C2HF3O2/c1-2-22-17(20)23-13-10-6-8-12-16-26-15-11-7-4-3-5-9-14-24-18(21)25-19(26)27;2*3-2(4,5)1(6)7/h2-16H2,1H3,(H3,20,22,23)(H3,21,24,25,27);2*(H,6,7). The number of nitrogens with two attached hydrogens (primary N) is 2. The molecule has 0 radical (unpaired) electrons. The molecule has 41 heavy (non-hydrogen) atoms. The Balaban J connectivity index is 0. The molecule has 0 aromatic rings. The number of nitrogens with one attached hydrogen (secondary N) is 4. The SMILES string of the molecule is CCNC(N)=[NH+]CCCCCCN1CCCCCCCC[NH+]=C(N)NC1=O.O=C([O-])C(F)(F)F.O=C([O-])C(F)(F)F. The van der Waals surface area contributed by atoms with Gasteiger partial charge in [0.15, 0.2) is 0 Å². The van der Waals surface area contributed by atoms with Crippen LogP contribution in [-0.2, 0) is 9.59 Å². The number of hydrogen-bond donors (Lipinski definition) is 6. The molecule has 1 rings (SSSR count). The van der Waals surface area contributed by atoms with Gasteiger partial charge in [-0.25, -0.2) is 4.79 Å². The molecular weight excluding hydrogens is 568 g/mol. The highest BCUT2D eigenvalue weighted by molar-refractivity contribution is 5.92. The maximum Gasteiger partial charge on any atom is 0.430 e. The molecule has 0 atom stereocenters. The summed E-state index contributed by atoms with van der Waals surface area (Å²) in [5.41, 5.74) is 11.6. The van der Waals surface area contributed by atoms with Gasteiger partial charge in [-0.1, -0.05) is 38.5 Å². The highest BCUT2D eigenvalue weighted by Crippen LogP contribution is 2.12. The summed E-state index contributed by atoms with van der Waals surface area (Å²) in [6, 6.07) is -0.0890. The van der Waals surface area contributed by atoms with Crippen LogP contribution in [0.2, 0.25) is 0 Å². The van der Waals surface area contributed by atoms with Crippen LogP contribution in [0.25, 0.3) is 0 Å². The van der Waals surface area contributed by atoms with Gasteiger partial charge in [0.05, 0.1) is 19.6 Å². The van der Waals surface area contributed by atoms with Crippen LogP contribution in [0.15, 0.2) is 0 Å². The van der Waals surface area contributed by atoms with Crippen molar-refractivity contribution in [1.29, 1.82) is 0 Å². The first kappa shape index (κ1) is 39.7. The van der Waals surface area contributed by atoms with Crippen LogP contribution in [0.1, 0.15) is 71.1 Å². The van der Waals surface area contributed by atoms with E-state index in [4.69, 9.17) is 31.3 Å². The highest BCUT2D eigenvalue weighted by atomic mass is 19.4. The Morgan fingerprint density at radius 1 is 0.951 bits per heavy atom. The minimum atomic E-state index is -5.19. The van der Waals surface area contributed by atoms with Gasteiger partial charge in [0.1, 0.15) is 11.9 Å². The van der Waals surface area contributed by atoms with Crippen molar-refractivity contribution >= 4 is 29.9 Å². The molecule has 0 aliphatic carbocycles. The fourth-order valence-electron chi connectivity index (χ4n) is 3.17. The van der Waals surface area contributed by atoms with Crippen LogP contribution in [0, 0.1) is 0 Å². The Kier molecular flexibility index (Phi) is 21.5.